The highest BCUT2D eigenvalue weighted by atomic mass is 35.5. The van der Waals surface area contributed by atoms with Crippen molar-refractivity contribution in [1.82, 2.24) is 15.0 Å². The second-order valence-electron chi connectivity index (χ2n) is 4.67. The SMILES string of the molecule is O=c1[nH]c(-c2ccnc(Cl)c2)nc2c1sc1cccc(Cl)c12. The Kier molecular flexibility index (Phi) is 3.14. The Balaban J connectivity index is 2.11. The molecule has 1 N–H and O–H groups in total. The Morgan fingerprint density at radius 3 is 2.86 bits per heavy atom. The topological polar surface area (TPSA) is 58.6 Å². The van der Waals surface area contributed by atoms with Crippen molar-refractivity contribution in [3.63, 3.8) is 0 Å². The van der Waals surface area contributed by atoms with E-state index in [1.807, 2.05) is 12.1 Å². The molecule has 4 rings (SSSR count). The first-order chi connectivity index (χ1) is 10.6. The van der Waals surface area contributed by atoms with Crippen LogP contribution in [0, 0.1) is 0 Å². The van der Waals surface area contributed by atoms with Gasteiger partial charge in [0, 0.05) is 21.8 Å². The minimum absolute atomic E-state index is 0.190. The smallest absolute Gasteiger partial charge is 0.269 e. The molecule has 0 atom stereocenters. The van der Waals surface area contributed by atoms with Crippen LogP contribution in [0.4, 0.5) is 0 Å². The van der Waals surface area contributed by atoms with Gasteiger partial charge in [0.15, 0.2) is 0 Å². The minimum atomic E-state index is -0.190. The van der Waals surface area contributed by atoms with Gasteiger partial charge in [-0.15, -0.1) is 11.3 Å². The van der Waals surface area contributed by atoms with Crippen LogP contribution in [0.15, 0.2) is 41.3 Å². The number of fused-ring (bicyclic) bond motifs is 3. The first-order valence-electron chi connectivity index (χ1n) is 6.36. The van der Waals surface area contributed by atoms with E-state index in [0.717, 1.165) is 10.1 Å². The molecule has 0 saturated carbocycles. The maximum atomic E-state index is 12.4. The average molecular weight is 348 g/mol. The molecule has 0 aliphatic rings. The Morgan fingerprint density at radius 2 is 2.05 bits per heavy atom. The summed E-state index contributed by atoms with van der Waals surface area (Å²) in [6, 6.07) is 8.98. The number of halogens is 2. The highest BCUT2D eigenvalue weighted by molar-refractivity contribution is 7.25. The van der Waals surface area contributed by atoms with Crippen LogP contribution in [-0.4, -0.2) is 15.0 Å². The molecule has 3 aromatic heterocycles. The third-order valence-corrected chi connectivity index (χ3v) is 4.97. The van der Waals surface area contributed by atoms with Crippen molar-refractivity contribution in [2.45, 2.75) is 0 Å². The largest absolute Gasteiger partial charge is 0.305 e. The van der Waals surface area contributed by atoms with E-state index in [1.165, 1.54) is 11.3 Å². The first-order valence-corrected chi connectivity index (χ1v) is 7.94. The van der Waals surface area contributed by atoms with Gasteiger partial charge in [0.2, 0.25) is 0 Å². The lowest BCUT2D eigenvalue weighted by Crippen LogP contribution is -2.07. The molecule has 0 unspecified atom stereocenters. The van der Waals surface area contributed by atoms with Gasteiger partial charge < -0.3 is 4.98 Å². The molecule has 7 heteroatoms. The first kappa shape index (κ1) is 13.7. The summed E-state index contributed by atoms with van der Waals surface area (Å²) in [4.78, 5) is 23.7. The maximum absolute atomic E-state index is 12.4. The summed E-state index contributed by atoms with van der Waals surface area (Å²) in [6.07, 6.45) is 1.57. The van der Waals surface area contributed by atoms with Crippen LogP contribution in [0.2, 0.25) is 10.2 Å². The molecule has 0 spiro atoms. The van der Waals surface area contributed by atoms with Crippen molar-refractivity contribution < 1.29 is 0 Å². The molecule has 1 aromatic carbocycles. The van der Waals surface area contributed by atoms with Crippen LogP contribution in [0.5, 0.6) is 0 Å². The van der Waals surface area contributed by atoms with Crippen molar-refractivity contribution in [2.24, 2.45) is 0 Å². The molecule has 108 valence electrons. The Labute approximate surface area is 138 Å². The van der Waals surface area contributed by atoms with Gasteiger partial charge in [-0.3, -0.25) is 4.79 Å². The van der Waals surface area contributed by atoms with Gasteiger partial charge in [0.05, 0.1) is 10.5 Å². The molecular formula is C15H7Cl2N3OS. The van der Waals surface area contributed by atoms with Gasteiger partial charge in [0.1, 0.15) is 15.7 Å². The van der Waals surface area contributed by atoms with E-state index >= 15 is 0 Å². The van der Waals surface area contributed by atoms with Crippen LogP contribution in [0.25, 0.3) is 31.7 Å². The van der Waals surface area contributed by atoms with Gasteiger partial charge in [-0.05, 0) is 24.3 Å². The minimum Gasteiger partial charge on any atom is -0.305 e. The molecule has 22 heavy (non-hydrogen) atoms. The zero-order chi connectivity index (χ0) is 15.3. The summed E-state index contributed by atoms with van der Waals surface area (Å²) in [5, 5.41) is 1.73. The summed E-state index contributed by atoms with van der Waals surface area (Å²) in [5.41, 5.74) is 1.12. The van der Waals surface area contributed by atoms with E-state index in [9.17, 15) is 4.79 Å². The summed E-state index contributed by atoms with van der Waals surface area (Å²) < 4.78 is 1.50. The highest BCUT2D eigenvalue weighted by Crippen LogP contribution is 2.35. The van der Waals surface area contributed by atoms with E-state index in [2.05, 4.69) is 15.0 Å². The fourth-order valence-electron chi connectivity index (χ4n) is 2.34. The molecule has 0 saturated heterocycles. The van der Waals surface area contributed by atoms with E-state index in [1.54, 1.807) is 24.4 Å². The molecule has 3 heterocycles. The standard InChI is InChI=1S/C15H7Cl2N3OS/c16-8-2-1-3-9-11(8)12-13(22-9)15(21)20-14(19-12)7-4-5-18-10(17)6-7/h1-6H,(H,19,20,21). The fraction of sp³-hybridized carbons (Fsp3) is 0. The number of aromatic nitrogens is 3. The number of hydrogen-bond donors (Lipinski definition) is 1. The lowest BCUT2D eigenvalue weighted by Gasteiger charge is -2.01. The summed E-state index contributed by atoms with van der Waals surface area (Å²) in [7, 11) is 0. The predicted octanol–water partition coefficient (Wildman–Crippen LogP) is 4.51. The zero-order valence-electron chi connectivity index (χ0n) is 10.9. The van der Waals surface area contributed by atoms with Gasteiger partial charge in [0.25, 0.3) is 5.56 Å². The van der Waals surface area contributed by atoms with Crippen molar-refractivity contribution in [1.29, 1.82) is 0 Å². The van der Waals surface area contributed by atoms with Gasteiger partial charge >= 0.3 is 0 Å². The lowest BCUT2D eigenvalue weighted by molar-refractivity contribution is 1.18. The van der Waals surface area contributed by atoms with E-state index in [-0.39, 0.29) is 5.56 Å². The van der Waals surface area contributed by atoms with Crippen molar-refractivity contribution >= 4 is 54.8 Å². The number of benzene rings is 1. The number of thiophene rings is 1. The molecule has 0 fully saturated rings. The monoisotopic (exact) mass is 347 g/mol. The van der Waals surface area contributed by atoms with Crippen LogP contribution in [0.1, 0.15) is 0 Å². The van der Waals surface area contributed by atoms with Crippen molar-refractivity contribution in [3.05, 3.63) is 57.1 Å². The quantitative estimate of drug-likeness (QED) is 0.515. The third-order valence-electron chi connectivity index (χ3n) is 3.30. The number of rotatable bonds is 1. The molecular weight excluding hydrogens is 341 g/mol. The van der Waals surface area contributed by atoms with Gasteiger partial charge in [-0.2, -0.15) is 0 Å². The molecule has 4 aromatic rings. The number of nitrogens with one attached hydrogen (secondary N) is 1. The number of pyridine rings is 1. The Hall–Kier alpha value is -1.95. The predicted molar refractivity (Wildman–Crippen MR) is 91.0 cm³/mol. The number of aromatic amines is 1. The average Bonchev–Trinajstić information content (AvgIpc) is 2.88. The number of H-pyrrole nitrogens is 1. The van der Waals surface area contributed by atoms with Crippen molar-refractivity contribution in [3.8, 4) is 11.4 Å². The molecule has 0 bridgehead atoms. The van der Waals surface area contributed by atoms with E-state index in [4.69, 9.17) is 23.2 Å². The molecule has 0 radical (unpaired) electrons. The molecule has 4 nitrogen and oxygen atoms in total. The van der Waals surface area contributed by atoms with Gasteiger partial charge in [-0.1, -0.05) is 29.3 Å². The third kappa shape index (κ3) is 2.09. The maximum Gasteiger partial charge on any atom is 0.269 e. The van der Waals surface area contributed by atoms with Crippen molar-refractivity contribution in [2.75, 3.05) is 0 Å². The number of nitrogens with zero attached hydrogens (tertiary/aromatic N) is 2. The van der Waals surface area contributed by atoms with Crippen LogP contribution in [-0.2, 0) is 0 Å². The van der Waals surface area contributed by atoms with Crippen LogP contribution in [0.3, 0.4) is 0 Å². The summed E-state index contributed by atoms with van der Waals surface area (Å²) >= 11 is 13.6. The fourth-order valence-corrected chi connectivity index (χ4v) is 3.90. The summed E-state index contributed by atoms with van der Waals surface area (Å²) in [5.74, 6) is 0.446. The normalized spacial score (nSPS) is 11.4. The van der Waals surface area contributed by atoms with Gasteiger partial charge in [-0.25, -0.2) is 9.97 Å². The molecule has 0 amide bonds. The summed E-state index contributed by atoms with van der Waals surface area (Å²) in [6.45, 7) is 0. The number of hydrogen-bond acceptors (Lipinski definition) is 4. The van der Waals surface area contributed by atoms with Crippen LogP contribution >= 0.6 is 34.5 Å². The second kappa shape index (κ2) is 5.05. The lowest BCUT2D eigenvalue weighted by atomic mass is 10.2. The Morgan fingerprint density at radius 1 is 1.18 bits per heavy atom. The highest BCUT2D eigenvalue weighted by Gasteiger charge is 2.14. The second-order valence-corrected chi connectivity index (χ2v) is 6.52. The Bertz CT molecular complexity index is 1090. The molecule has 0 aliphatic carbocycles. The zero-order valence-corrected chi connectivity index (χ0v) is 13.3. The van der Waals surface area contributed by atoms with E-state index < -0.39 is 0 Å². The van der Waals surface area contributed by atoms with E-state index in [0.29, 0.717) is 31.8 Å². The van der Waals surface area contributed by atoms with Crippen LogP contribution < -0.4 is 5.56 Å². The molecule has 0 aliphatic heterocycles.